The largest absolute Gasteiger partial charge is 0.468 e. The monoisotopic (exact) mass is 499 g/mol. The number of carbonyl (C=O) groups is 3. The Morgan fingerprint density at radius 1 is 1.22 bits per heavy atom. The van der Waals surface area contributed by atoms with Crippen molar-refractivity contribution >= 4 is 62.4 Å². The van der Waals surface area contributed by atoms with Gasteiger partial charge >= 0.3 is 11.9 Å². The molecule has 0 aromatic carbocycles. The molecule has 1 amide bonds. The van der Waals surface area contributed by atoms with Crippen LogP contribution in [0.3, 0.4) is 0 Å². The number of nitrogens with one attached hydrogen (secondary N) is 1. The van der Waals surface area contributed by atoms with Crippen molar-refractivity contribution in [3.63, 3.8) is 0 Å². The second-order valence-corrected chi connectivity index (χ2v) is 10.7. The molecule has 2 aromatic heterocycles. The quantitative estimate of drug-likeness (QED) is 0.490. The van der Waals surface area contributed by atoms with Crippen LogP contribution in [0.5, 0.6) is 0 Å². The van der Waals surface area contributed by atoms with Crippen molar-refractivity contribution in [3.05, 3.63) is 45.4 Å². The molecule has 0 spiro atoms. The van der Waals surface area contributed by atoms with Crippen molar-refractivity contribution in [1.82, 2.24) is 9.29 Å². The SMILES string of the molecule is COC(=O)C(C)(C)C(=O)OC1=C(C(=O)Nc2ccccn2)N(C)S(=O)(=O)c2cc(Cl)sc21. The molecule has 0 saturated carbocycles. The topological polar surface area (TPSA) is 132 Å². The number of aromatic nitrogens is 1. The predicted octanol–water partition coefficient (Wildman–Crippen LogP) is 2.48. The fourth-order valence-corrected chi connectivity index (χ4v) is 5.70. The van der Waals surface area contributed by atoms with Gasteiger partial charge in [-0.25, -0.2) is 13.4 Å². The molecule has 0 bridgehead atoms. The van der Waals surface area contributed by atoms with Gasteiger partial charge in [-0.15, -0.1) is 11.3 Å². The third-order valence-corrected chi connectivity index (χ3v) is 7.74. The number of fused-ring (bicyclic) bond motifs is 1. The van der Waals surface area contributed by atoms with E-state index in [1.165, 1.54) is 32.2 Å². The molecular formula is C19H18ClN3O7S2. The molecule has 170 valence electrons. The minimum Gasteiger partial charge on any atom is -0.468 e. The van der Waals surface area contributed by atoms with Crippen LogP contribution in [0.2, 0.25) is 4.34 Å². The Kier molecular flexibility index (Phi) is 6.31. The van der Waals surface area contributed by atoms with Crippen molar-refractivity contribution in [3.8, 4) is 0 Å². The molecule has 2 aromatic rings. The van der Waals surface area contributed by atoms with Gasteiger partial charge in [0, 0.05) is 13.2 Å². The normalized spacial score (nSPS) is 15.1. The van der Waals surface area contributed by atoms with E-state index in [2.05, 4.69) is 15.0 Å². The van der Waals surface area contributed by atoms with Gasteiger partial charge in [0.15, 0.2) is 16.9 Å². The summed E-state index contributed by atoms with van der Waals surface area (Å²) in [6.45, 7) is 2.56. The van der Waals surface area contributed by atoms with E-state index < -0.39 is 39.0 Å². The lowest BCUT2D eigenvalue weighted by Crippen LogP contribution is -2.40. The van der Waals surface area contributed by atoms with E-state index in [9.17, 15) is 22.8 Å². The van der Waals surface area contributed by atoms with Crippen LogP contribution in [0.25, 0.3) is 5.76 Å². The maximum absolute atomic E-state index is 13.1. The lowest BCUT2D eigenvalue weighted by molar-refractivity contribution is -0.163. The summed E-state index contributed by atoms with van der Waals surface area (Å²) in [5.74, 6) is -3.03. The Morgan fingerprint density at radius 2 is 1.91 bits per heavy atom. The summed E-state index contributed by atoms with van der Waals surface area (Å²) in [4.78, 5) is 41.7. The molecule has 1 aliphatic heterocycles. The highest BCUT2D eigenvalue weighted by atomic mass is 35.5. The first-order chi connectivity index (χ1) is 14.9. The number of methoxy groups -OCH3 is 1. The smallest absolute Gasteiger partial charge is 0.328 e. The summed E-state index contributed by atoms with van der Waals surface area (Å²) in [6.07, 6.45) is 1.43. The zero-order chi connectivity index (χ0) is 23.8. The van der Waals surface area contributed by atoms with E-state index in [0.717, 1.165) is 25.5 Å². The molecule has 13 heteroatoms. The van der Waals surface area contributed by atoms with Gasteiger partial charge in [-0.05, 0) is 32.0 Å². The number of halogens is 1. The zero-order valence-corrected chi connectivity index (χ0v) is 19.7. The molecule has 0 saturated heterocycles. The molecule has 32 heavy (non-hydrogen) atoms. The van der Waals surface area contributed by atoms with Crippen molar-refractivity contribution in [2.24, 2.45) is 5.41 Å². The van der Waals surface area contributed by atoms with Crippen molar-refractivity contribution in [1.29, 1.82) is 0 Å². The molecule has 10 nitrogen and oxygen atoms in total. The molecule has 3 heterocycles. The number of rotatable bonds is 5. The first-order valence-corrected chi connectivity index (χ1v) is 11.6. The van der Waals surface area contributed by atoms with Gasteiger partial charge in [0.25, 0.3) is 15.9 Å². The Morgan fingerprint density at radius 3 is 2.50 bits per heavy atom. The van der Waals surface area contributed by atoms with Crippen LogP contribution >= 0.6 is 22.9 Å². The fourth-order valence-electron chi connectivity index (χ4n) is 2.73. The molecular weight excluding hydrogens is 482 g/mol. The number of thiophene rings is 1. The van der Waals surface area contributed by atoms with Crippen LogP contribution in [0.15, 0.2) is 41.1 Å². The Bertz CT molecular complexity index is 1240. The molecule has 1 N–H and O–H groups in total. The van der Waals surface area contributed by atoms with Crippen LogP contribution in [-0.2, 0) is 33.9 Å². The van der Waals surface area contributed by atoms with Crippen LogP contribution in [0, 0.1) is 5.41 Å². The van der Waals surface area contributed by atoms with E-state index in [1.54, 1.807) is 12.1 Å². The number of sulfonamides is 1. The van der Waals surface area contributed by atoms with Crippen LogP contribution in [0.1, 0.15) is 18.7 Å². The summed E-state index contributed by atoms with van der Waals surface area (Å²) in [7, 11) is -1.93. The summed E-state index contributed by atoms with van der Waals surface area (Å²) in [5.41, 5.74) is -2.21. The summed E-state index contributed by atoms with van der Waals surface area (Å²) < 4.78 is 36.9. The molecule has 0 aliphatic carbocycles. The number of amides is 1. The van der Waals surface area contributed by atoms with Gasteiger partial charge in [-0.2, -0.15) is 0 Å². The first-order valence-electron chi connectivity index (χ1n) is 8.97. The lowest BCUT2D eigenvalue weighted by Gasteiger charge is -2.29. The third-order valence-electron chi connectivity index (χ3n) is 4.56. The fraction of sp³-hybridized carbons (Fsp3) is 0.263. The van der Waals surface area contributed by atoms with Crippen LogP contribution in [-0.4, -0.2) is 49.7 Å². The second-order valence-electron chi connectivity index (χ2n) is 7.07. The molecule has 0 atom stereocenters. The number of likely N-dealkylation sites (N-methyl/N-ethyl adjacent to an activating group) is 1. The maximum Gasteiger partial charge on any atom is 0.328 e. The van der Waals surface area contributed by atoms with Gasteiger partial charge in [-0.1, -0.05) is 17.7 Å². The highest BCUT2D eigenvalue weighted by molar-refractivity contribution is 7.89. The summed E-state index contributed by atoms with van der Waals surface area (Å²) in [6, 6.07) is 5.94. The van der Waals surface area contributed by atoms with Gasteiger partial charge in [0.05, 0.1) is 16.3 Å². The predicted molar refractivity (Wildman–Crippen MR) is 116 cm³/mol. The lowest BCUT2D eigenvalue weighted by atomic mass is 9.94. The highest BCUT2D eigenvalue weighted by Crippen LogP contribution is 2.44. The van der Waals surface area contributed by atoms with Crippen LogP contribution in [0.4, 0.5) is 5.82 Å². The molecule has 0 radical (unpaired) electrons. The Balaban J connectivity index is 2.17. The summed E-state index contributed by atoms with van der Waals surface area (Å²) in [5, 5.41) is 2.47. The van der Waals surface area contributed by atoms with E-state index in [1.807, 2.05) is 0 Å². The second kappa shape index (κ2) is 8.52. The van der Waals surface area contributed by atoms with Gasteiger partial charge in [0.2, 0.25) is 0 Å². The van der Waals surface area contributed by atoms with E-state index in [-0.39, 0.29) is 25.7 Å². The third kappa shape index (κ3) is 4.08. The van der Waals surface area contributed by atoms with E-state index in [4.69, 9.17) is 16.3 Å². The molecule has 0 fully saturated rings. The Hall–Kier alpha value is -2.96. The number of anilines is 1. The number of carbonyl (C=O) groups excluding carboxylic acids is 3. The number of pyridine rings is 1. The number of hydrogen-bond acceptors (Lipinski definition) is 9. The van der Waals surface area contributed by atoms with Crippen LogP contribution < -0.4 is 5.32 Å². The van der Waals surface area contributed by atoms with Gasteiger partial charge < -0.3 is 14.8 Å². The summed E-state index contributed by atoms with van der Waals surface area (Å²) >= 11 is 6.84. The zero-order valence-electron chi connectivity index (χ0n) is 17.3. The number of hydrogen-bond donors (Lipinski definition) is 1. The van der Waals surface area contributed by atoms with E-state index >= 15 is 0 Å². The standard InChI is InChI=1S/C19H18ClN3O7S2/c1-19(2,17(25)29-4)18(26)30-14-13(16(24)22-12-7-5-6-8-21-12)23(3)32(27,28)10-9-11(20)31-15(10)14/h5-9H,1-4H3,(H,21,22,24). The number of nitrogens with zero attached hydrogens (tertiary/aromatic N) is 2. The van der Waals surface area contributed by atoms with Gasteiger partial charge in [-0.3, -0.25) is 18.7 Å². The highest BCUT2D eigenvalue weighted by Gasteiger charge is 2.45. The molecule has 3 rings (SSSR count). The minimum absolute atomic E-state index is 0.0479. The number of ether oxygens (including phenoxy) is 2. The number of esters is 2. The van der Waals surface area contributed by atoms with Crippen molar-refractivity contribution in [2.45, 2.75) is 18.7 Å². The maximum atomic E-state index is 13.1. The first kappa shape index (κ1) is 23.7. The molecule has 1 aliphatic rings. The average molecular weight is 500 g/mol. The van der Waals surface area contributed by atoms with Crippen molar-refractivity contribution in [2.75, 3.05) is 19.5 Å². The molecule has 0 unspecified atom stereocenters. The minimum atomic E-state index is -4.17. The van der Waals surface area contributed by atoms with Gasteiger partial charge in [0.1, 0.15) is 10.7 Å². The average Bonchev–Trinajstić information content (AvgIpc) is 3.14. The Labute approximate surface area is 192 Å². The van der Waals surface area contributed by atoms with Crippen molar-refractivity contribution < 1.29 is 32.3 Å². The van der Waals surface area contributed by atoms with E-state index in [0.29, 0.717) is 4.31 Å².